The summed E-state index contributed by atoms with van der Waals surface area (Å²) in [7, 11) is 4.55. The molecule has 0 fully saturated rings. The Morgan fingerprint density at radius 2 is 1.70 bits per heavy atom. The summed E-state index contributed by atoms with van der Waals surface area (Å²) in [5, 5.41) is 6.11. The number of rotatable bonds is 6. The van der Waals surface area contributed by atoms with Crippen molar-refractivity contribution in [3.8, 4) is 17.2 Å². The van der Waals surface area contributed by atoms with Gasteiger partial charge in [-0.05, 0) is 29.8 Å². The van der Waals surface area contributed by atoms with Gasteiger partial charge in [-0.1, -0.05) is 30.3 Å². The molecule has 4 rings (SSSR count). The Hall–Kier alpha value is -3.74. The number of nitrogens with zero attached hydrogens (tertiary/aromatic N) is 2. The molecule has 0 bridgehead atoms. The van der Waals surface area contributed by atoms with Gasteiger partial charge in [-0.3, -0.25) is 4.79 Å². The Morgan fingerprint density at radius 1 is 1.00 bits per heavy atom. The van der Waals surface area contributed by atoms with Crippen LogP contribution in [0.25, 0.3) is 0 Å². The average molecular weight is 406 g/mol. The summed E-state index contributed by atoms with van der Waals surface area (Å²) in [5.74, 6) is 1.62. The molecular formula is C23H22N2O5. The van der Waals surface area contributed by atoms with E-state index in [2.05, 4.69) is 5.10 Å². The smallest absolute Gasteiger partial charge is 0.274 e. The Balaban J connectivity index is 1.76. The molecule has 1 amide bonds. The normalized spacial score (nSPS) is 15.6. The van der Waals surface area contributed by atoms with Gasteiger partial charge in [0, 0.05) is 12.0 Å². The predicted molar refractivity (Wildman–Crippen MR) is 111 cm³/mol. The molecule has 154 valence electrons. The fourth-order valence-electron chi connectivity index (χ4n) is 3.56. The van der Waals surface area contributed by atoms with E-state index in [0.717, 1.165) is 11.3 Å². The van der Waals surface area contributed by atoms with Gasteiger partial charge in [-0.25, -0.2) is 5.01 Å². The Kier molecular flexibility index (Phi) is 5.43. The maximum atomic E-state index is 13.5. The van der Waals surface area contributed by atoms with Gasteiger partial charge in [0.25, 0.3) is 5.91 Å². The summed E-state index contributed by atoms with van der Waals surface area (Å²) in [6, 6.07) is 16.5. The predicted octanol–water partition coefficient (Wildman–Crippen LogP) is 4.30. The van der Waals surface area contributed by atoms with Crippen molar-refractivity contribution in [3.05, 3.63) is 77.7 Å². The van der Waals surface area contributed by atoms with Crippen LogP contribution >= 0.6 is 0 Å². The van der Waals surface area contributed by atoms with E-state index in [4.69, 9.17) is 18.6 Å². The first-order valence-corrected chi connectivity index (χ1v) is 9.46. The number of ether oxygens (including phenoxy) is 3. The summed E-state index contributed by atoms with van der Waals surface area (Å²) in [6.07, 6.45) is 2.15. The van der Waals surface area contributed by atoms with E-state index in [1.807, 2.05) is 36.4 Å². The zero-order chi connectivity index (χ0) is 21.1. The molecule has 1 aliphatic rings. The van der Waals surface area contributed by atoms with E-state index < -0.39 is 0 Å². The molecule has 1 aliphatic heterocycles. The number of carbonyl (C=O) groups excluding carboxylic acids is 1. The number of hydrogen-bond acceptors (Lipinski definition) is 6. The number of benzene rings is 2. The summed E-state index contributed by atoms with van der Waals surface area (Å²) in [6.45, 7) is 0. The Labute approximate surface area is 174 Å². The molecule has 0 aliphatic carbocycles. The molecule has 7 heteroatoms. The SMILES string of the molecule is COc1cc(C(=O)N2N=C(c3ccco3)C[C@H]2c2ccccc2)cc(OC)c1OC. The van der Waals surface area contributed by atoms with Crippen LogP contribution < -0.4 is 14.2 Å². The first-order valence-electron chi connectivity index (χ1n) is 9.46. The van der Waals surface area contributed by atoms with Crippen molar-refractivity contribution in [3.63, 3.8) is 0 Å². The summed E-state index contributed by atoms with van der Waals surface area (Å²) in [4.78, 5) is 13.5. The molecule has 0 unspecified atom stereocenters. The summed E-state index contributed by atoms with van der Waals surface area (Å²) >= 11 is 0. The summed E-state index contributed by atoms with van der Waals surface area (Å²) < 4.78 is 21.7. The molecule has 2 aromatic carbocycles. The lowest BCUT2D eigenvalue weighted by Crippen LogP contribution is -2.27. The second-order valence-corrected chi connectivity index (χ2v) is 6.72. The number of amides is 1. The quantitative estimate of drug-likeness (QED) is 0.610. The monoisotopic (exact) mass is 406 g/mol. The molecule has 3 aromatic rings. The van der Waals surface area contributed by atoms with Gasteiger partial charge in [-0.15, -0.1) is 0 Å². The topological polar surface area (TPSA) is 73.5 Å². The van der Waals surface area contributed by atoms with E-state index in [0.29, 0.717) is 35.0 Å². The highest BCUT2D eigenvalue weighted by molar-refractivity contribution is 6.03. The number of carbonyl (C=O) groups is 1. The first-order chi connectivity index (χ1) is 14.7. The second kappa shape index (κ2) is 8.32. The summed E-state index contributed by atoms with van der Waals surface area (Å²) in [5.41, 5.74) is 2.09. The first kappa shape index (κ1) is 19.6. The number of hydrazone groups is 1. The molecule has 1 atom stereocenters. The van der Waals surface area contributed by atoms with Crippen molar-refractivity contribution in [2.24, 2.45) is 5.10 Å². The van der Waals surface area contributed by atoms with E-state index in [1.54, 1.807) is 24.5 Å². The maximum absolute atomic E-state index is 13.5. The highest BCUT2D eigenvalue weighted by Gasteiger charge is 2.35. The van der Waals surface area contributed by atoms with Crippen LogP contribution in [0.1, 0.15) is 34.1 Å². The highest BCUT2D eigenvalue weighted by atomic mass is 16.5. The van der Waals surface area contributed by atoms with Crippen molar-refractivity contribution in [2.45, 2.75) is 12.5 Å². The third-order valence-electron chi connectivity index (χ3n) is 5.02. The van der Waals surface area contributed by atoms with E-state index >= 15 is 0 Å². The number of methoxy groups -OCH3 is 3. The third kappa shape index (κ3) is 3.50. The van der Waals surface area contributed by atoms with Gasteiger partial charge in [0.1, 0.15) is 11.5 Å². The zero-order valence-electron chi connectivity index (χ0n) is 17.0. The van der Waals surface area contributed by atoms with Crippen LogP contribution in [0.15, 0.2) is 70.4 Å². The standard InChI is InChI=1S/C23H22N2O5/c1-27-20-12-16(13-21(28-2)22(20)29-3)23(26)25-18(15-8-5-4-6-9-15)14-17(24-25)19-10-7-11-30-19/h4-13,18H,14H2,1-3H3/t18-/m0/s1. The van der Waals surface area contributed by atoms with Gasteiger partial charge in [0.05, 0.1) is 33.6 Å². The highest BCUT2D eigenvalue weighted by Crippen LogP contribution is 2.40. The largest absolute Gasteiger partial charge is 0.493 e. The van der Waals surface area contributed by atoms with Gasteiger partial charge in [-0.2, -0.15) is 5.10 Å². The molecule has 7 nitrogen and oxygen atoms in total. The molecule has 0 N–H and O–H groups in total. The Morgan fingerprint density at radius 3 is 2.27 bits per heavy atom. The van der Waals surface area contributed by atoms with Gasteiger partial charge >= 0.3 is 0 Å². The number of hydrogen-bond donors (Lipinski definition) is 0. The minimum absolute atomic E-state index is 0.252. The van der Waals surface area contributed by atoms with E-state index in [9.17, 15) is 4.79 Å². The fraction of sp³-hybridized carbons (Fsp3) is 0.217. The van der Waals surface area contributed by atoms with E-state index in [-0.39, 0.29) is 11.9 Å². The minimum Gasteiger partial charge on any atom is -0.493 e. The van der Waals surface area contributed by atoms with Crippen molar-refractivity contribution < 1.29 is 23.4 Å². The van der Waals surface area contributed by atoms with E-state index in [1.165, 1.54) is 26.3 Å². The van der Waals surface area contributed by atoms with Crippen molar-refractivity contribution in [2.75, 3.05) is 21.3 Å². The molecule has 2 heterocycles. The maximum Gasteiger partial charge on any atom is 0.274 e. The van der Waals surface area contributed by atoms with Crippen LogP contribution in [0.3, 0.4) is 0 Å². The van der Waals surface area contributed by atoms with Crippen LogP contribution in [-0.4, -0.2) is 38.0 Å². The molecule has 0 saturated carbocycles. The van der Waals surface area contributed by atoms with Gasteiger partial charge < -0.3 is 18.6 Å². The van der Waals surface area contributed by atoms with Gasteiger partial charge in [0.15, 0.2) is 11.5 Å². The fourth-order valence-corrected chi connectivity index (χ4v) is 3.56. The minimum atomic E-state index is -0.273. The van der Waals surface area contributed by atoms with Crippen LogP contribution in [0.4, 0.5) is 0 Å². The van der Waals surface area contributed by atoms with Crippen molar-refractivity contribution in [1.82, 2.24) is 5.01 Å². The lowest BCUT2D eigenvalue weighted by molar-refractivity contribution is 0.0710. The molecule has 0 spiro atoms. The molecule has 30 heavy (non-hydrogen) atoms. The molecule has 1 aromatic heterocycles. The lowest BCUT2D eigenvalue weighted by Gasteiger charge is -2.23. The van der Waals surface area contributed by atoms with Crippen LogP contribution in [-0.2, 0) is 0 Å². The second-order valence-electron chi connectivity index (χ2n) is 6.72. The van der Waals surface area contributed by atoms with Crippen LogP contribution in [0.5, 0.6) is 17.2 Å². The van der Waals surface area contributed by atoms with Gasteiger partial charge in [0.2, 0.25) is 5.75 Å². The molecule has 0 radical (unpaired) electrons. The lowest BCUT2D eigenvalue weighted by atomic mass is 10.0. The zero-order valence-corrected chi connectivity index (χ0v) is 17.0. The molecule has 0 saturated heterocycles. The number of furan rings is 1. The van der Waals surface area contributed by atoms with Crippen LogP contribution in [0, 0.1) is 0 Å². The van der Waals surface area contributed by atoms with Crippen molar-refractivity contribution in [1.29, 1.82) is 0 Å². The van der Waals surface area contributed by atoms with Crippen molar-refractivity contribution >= 4 is 11.6 Å². The molecular weight excluding hydrogens is 384 g/mol. The van der Waals surface area contributed by atoms with Crippen LogP contribution in [0.2, 0.25) is 0 Å². The third-order valence-corrected chi connectivity index (χ3v) is 5.02. The average Bonchev–Trinajstić information content (AvgIpc) is 3.48. The Bertz CT molecular complexity index is 1040.